The standard InChI is InChI=1S/C19H22ClN3O3/c1-13-16(20)4-3-5-17(13)22-19(25)12-23(11-10-18(21)24)14-6-8-15(26-2)9-7-14/h3-9H,10-12H2,1-2H3,(H2,21,24)(H,22,25). The maximum atomic E-state index is 12.5. The van der Waals surface area contributed by atoms with Gasteiger partial charge in [0, 0.05) is 29.4 Å². The highest BCUT2D eigenvalue weighted by Gasteiger charge is 2.14. The quantitative estimate of drug-likeness (QED) is 0.742. The largest absolute Gasteiger partial charge is 0.497 e. The van der Waals surface area contributed by atoms with E-state index in [1.165, 1.54) is 0 Å². The lowest BCUT2D eigenvalue weighted by Crippen LogP contribution is -2.35. The number of methoxy groups -OCH3 is 1. The molecule has 0 saturated heterocycles. The maximum absolute atomic E-state index is 12.5. The molecule has 0 aliphatic heterocycles. The third-order valence-electron chi connectivity index (χ3n) is 3.94. The normalized spacial score (nSPS) is 10.3. The number of hydrogen-bond acceptors (Lipinski definition) is 4. The minimum Gasteiger partial charge on any atom is -0.497 e. The van der Waals surface area contributed by atoms with Gasteiger partial charge < -0.3 is 20.7 Å². The van der Waals surface area contributed by atoms with Crippen LogP contribution in [0, 0.1) is 6.92 Å². The molecule has 0 aliphatic carbocycles. The molecule has 0 spiro atoms. The van der Waals surface area contributed by atoms with Crippen molar-refractivity contribution in [2.24, 2.45) is 5.73 Å². The third-order valence-corrected chi connectivity index (χ3v) is 4.35. The molecule has 0 aliphatic rings. The molecule has 2 rings (SSSR count). The Morgan fingerprint density at radius 2 is 1.88 bits per heavy atom. The summed E-state index contributed by atoms with van der Waals surface area (Å²) < 4.78 is 5.15. The molecule has 0 heterocycles. The van der Waals surface area contributed by atoms with Gasteiger partial charge >= 0.3 is 0 Å². The number of hydrogen-bond donors (Lipinski definition) is 2. The molecular weight excluding hydrogens is 354 g/mol. The summed E-state index contributed by atoms with van der Waals surface area (Å²) in [5.41, 5.74) is 7.51. The fourth-order valence-corrected chi connectivity index (χ4v) is 2.62. The van der Waals surface area contributed by atoms with E-state index in [1.807, 2.05) is 19.1 Å². The van der Waals surface area contributed by atoms with E-state index in [4.69, 9.17) is 22.1 Å². The number of benzene rings is 2. The average molecular weight is 376 g/mol. The van der Waals surface area contributed by atoms with Crippen LogP contribution in [0.25, 0.3) is 0 Å². The molecule has 2 aromatic carbocycles. The van der Waals surface area contributed by atoms with Gasteiger partial charge in [0.25, 0.3) is 0 Å². The number of carbonyl (C=O) groups is 2. The second-order valence-corrected chi connectivity index (χ2v) is 6.20. The summed E-state index contributed by atoms with van der Waals surface area (Å²) >= 11 is 6.09. The average Bonchev–Trinajstić information content (AvgIpc) is 2.62. The summed E-state index contributed by atoms with van der Waals surface area (Å²) in [4.78, 5) is 25.4. The van der Waals surface area contributed by atoms with E-state index >= 15 is 0 Å². The Kier molecular flexibility index (Phi) is 6.86. The van der Waals surface area contributed by atoms with Crippen LogP contribution in [0.15, 0.2) is 42.5 Å². The fraction of sp³-hybridized carbons (Fsp3) is 0.263. The first-order chi connectivity index (χ1) is 12.4. The van der Waals surface area contributed by atoms with E-state index in [-0.39, 0.29) is 18.9 Å². The van der Waals surface area contributed by atoms with Crippen LogP contribution in [-0.2, 0) is 9.59 Å². The van der Waals surface area contributed by atoms with Gasteiger partial charge in [-0.25, -0.2) is 0 Å². The van der Waals surface area contributed by atoms with Crippen LogP contribution in [0.4, 0.5) is 11.4 Å². The molecule has 6 nitrogen and oxygen atoms in total. The van der Waals surface area contributed by atoms with Gasteiger partial charge in [-0.1, -0.05) is 17.7 Å². The first-order valence-corrected chi connectivity index (χ1v) is 8.50. The first kappa shape index (κ1) is 19.6. The topological polar surface area (TPSA) is 84.7 Å². The van der Waals surface area contributed by atoms with Crippen LogP contribution in [0.3, 0.4) is 0 Å². The molecule has 26 heavy (non-hydrogen) atoms. The Hall–Kier alpha value is -2.73. The molecule has 2 aromatic rings. The van der Waals surface area contributed by atoms with Gasteiger partial charge in [-0.3, -0.25) is 9.59 Å². The lowest BCUT2D eigenvalue weighted by Gasteiger charge is -2.24. The highest BCUT2D eigenvalue weighted by Crippen LogP contribution is 2.23. The Balaban J connectivity index is 2.12. The Labute approximate surface area is 157 Å². The molecular formula is C19H22ClN3O3. The van der Waals surface area contributed by atoms with E-state index in [2.05, 4.69) is 5.32 Å². The first-order valence-electron chi connectivity index (χ1n) is 8.13. The molecule has 0 fully saturated rings. The van der Waals surface area contributed by atoms with E-state index in [0.717, 1.165) is 11.3 Å². The Morgan fingerprint density at radius 1 is 1.19 bits per heavy atom. The third kappa shape index (κ3) is 5.39. The summed E-state index contributed by atoms with van der Waals surface area (Å²) in [6.45, 7) is 2.25. The van der Waals surface area contributed by atoms with E-state index in [0.29, 0.717) is 23.0 Å². The number of carbonyl (C=O) groups excluding carboxylic acids is 2. The van der Waals surface area contributed by atoms with Gasteiger partial charge in [-0.05, 0) is 48.9 Å². The molecule has 0 bridgehead atoms. The summed E-state index contributed by atoms with van der Waals surface area (Å²) in [5.74, 6) is 0.0767. The van der Waals surface area contributed by atoms with Crippen LogP contribution in [0.2, 0.25) is 5.02 Å². The van der Waals surface area contributed by atoms with Crippen molar-refractivity contribution in [2.75, 3.05) is 30.4 Å². The zero-order chi connectivity index (χ0) is 19.1. The van der Waals surface area contributed by atoms with Gasteiger partial charge in [0.05, 0.1) is 13.7 Å². The molecule has 2 amide bonds. The lowest BCUT2D eigenvalue weighted by molar-refractivity contribution is -0.118. The molecule has 0 radical (unpaired) electrons. The van der Waals surface area contributed by atoms with Crippen molar-refractivity contribution in [2.45, 2.75) is 13.3 Å². The molecule has 0 unspecified atom stereocenters. The molecule has 3 N–H and O–H groups in total. The van der Waals surface area contributed by atoms with Gasteiger partial charge in [0.1, 0.15) is 5.75 Å². The number of rotatable bonds is 8. The maximum Gasteiger partial charge on any atom is 0.243 e. The number of primary amides is 1. The van der Waals surface area contributed by atoms with Crippen molar-refractivity contribution < 1.29 is 14.3 Å². The number of anilines is 2. The molecule has 0 atom stereocenters. The van der Waals surface area contributed by atoms with Crippen LogP contribution in [-0.4, -0.2) is 32.0 Å². The second kappa shape index (κ2) is 9.10. The highest BCUT2D eigenvalue weighted by molar-refractivity contribution is 6.31. The van der Waals surface area contributed by atoms with Crippen LogP contribution in [0.5, 0.6) is 5.75 Å². The smallest absolute Gasteiger partial charge is 0.243 e. The van der Waals surface area contributed by atoms with Gasteiger partial charge in [0.2, 0.25) is 11.8 Å². The minimum atomic E-state index is -0.422. The predicted molar refractivity (Wildman–Crippen MR) is 104 cm³/mol. The number of amides is 2. The van der Waals surface area contributed by atoms with Crippen LogP contribution < -0.4 is 20.7 Å². The highest BCUT2D eigenvalue weighted by atomic mass is 35.5. The van der Waals surface area contributed by atoms with Crippen molar-refractivity contribution in [3.63, 3.8) is 0 Å². The molecule has 7 heteroatoms. The molecule has 138 valence electrons. The summed E-state index contributed by atoms with van der Waals surface area (Å²) in [6, 6.07) is 12.6. The molecule has 0 saturated carbocycles. The summed E-state index contributed by atoms with van der Waals surface area (Å²) in [6.07, 6.45) is 0.148. The number of nitrogens with one attached hydrogen (secondary N) is 1. The van der Waals surface area contributed by atoms with E-state index in [1.54, 1.807) is 42.3 Å². The van der Waals surface area contributed by atoms with Crippen LogP contribution >= 0.6 is 11.6 Å². The Bertz CT molecular complexity index is 778. The van der Waals surface area contributed by atoms with Crippen molar-refractivity contribution in [1.82, 2.24) is 0 Å². The van der Waals surface area contributed by atoms with E-state index in [9.17, 15) is 9.59 Å². The van der Waals surface area contributed by atoms with Crippen molar-refractivity contribution in [1.29, 1.82) is 0 Å². The second-order valence-electron chi connectivity index (χ2n) is 5.80. The molecule has 0 aromatic heterocycles. The van der Waals surface area contributed by atoms with Crippen molar-refractivity contribution in [3.8, 4) is 5.75 Å². The predicted octanol–water partition coefficient (Wildman–Crippen LogP) is 2.98. The monoisotopic (exact) mass is 375 g/mol. The van der Waals surface area contributed by atoms with Gasteiger partial charge in [-0.15, -0.1) is 0 Å². The van der Waals surface area contributed by atoms with Crippen LogP contribution in [0.1, 0.15) is 12.0 Å². The number of ether oxygens (including phenoxy) is 1. The van der Waals surface area contributed by atoms with E-state index < -0.39 is 5.91 Å². The SMILES string of the molecule is COc1ccc(N(CCC(N)=O)CC(=O)Nc2cccc(Cl)c2C)cc1. The van der Waals surface area contributed by atoms with Gasteiger partial charge in [-0.2, -0.15) is 0 Å². The number of nitrogens with zero attached hydrogens (tertiary/aromatic N) is 1. The summed E-state index contributed by atoms with van der Waals surface area (Å²) in [5, 5.41) is 3.44. The van der Waals surface area contributed by atoms with Crippen molar-refractivity contribution in [3.05, 3.63) is 53.1 Å². The number of nitrogens with two attached hydrogens (primary N) is 1. The van der Waals surface area contributed by atoms with Gasteiger partial charge in [0.15, 0.2) is 0 Å². The number of halogens is 1. The lowest BCUT2D eigenvalue weighted by atomic mass is 10.2. The zero-order valence-corrected chi connectivity index (χ0v) is 15.5. The summed E-state index contributed by atoms with van der Waals surface area (Å²) in [7, 11) is 1.58. The minimum absolute atomic E-state index is 0.0750. The zero-order valence-electron chi connectivity index (χ0n) is 14.8. The fourth-order valence-electron chi connectivity index (χ4n) is 2.44. The van der Waals surface area contributed by atoms with Crippen molar-refractivity contribution >= 4 is 34.8 Å². The Morgan fingerprint density at radius 3 is 2.50 bits per heavy atom.